The van der Waals surface area contributed by atoms with Crippen LogP contribution in [0.5, 0.6) is 0 Å². The summed E-state index contributed by atoms with van der Waals surface area (Å²) >= 11 is 0. The van der Waals surface area contributed by atoms with Crippen LogP contribution >= 0.6 is 0 Å². The van der Waals surface area contributed by atoms with Gasteiger partial charge in [-0.15, -0.1) is 0 Å². The Morgan fingerprint density at radius 1 is 1.10 bits per heavy atom. The van der Waals surface area contributed by atoms with Crippen LogP contribution in [0.4, 0.5) is 0 Å². The first-order valence-corrected chi connectivity index (χ1v) is 19.1. The molecular formula is C38H60N6O5. The molecule has 10 atom stereocenters. The van der Waals surface area contributed by atoms with E-state index in [2.05, 4.69) is 59.2 Å². The van der Waals surface area contributed by atoms with E-state index >= 15 is 0 Å². The number of carbonyl (C=O) groups is 3. The second-order valence-electron chi connectivity index (χ2n) is 15.7. The van der Waals surface area contributed by atoms with Gasteiger partial charge in [0.05, 0.1) is 12.8 Å². The van der Waals surface area contributed by atoms with E-state index in [1.165, 1.54) is 0 Å². The summed E-state index contributed by atoms with van der Waals surface area (Å²) in [6.45, 7) is 9.01. The summed E-state index contributed by atoms with van der Waals surface area (Å²) in [6.07, 6.45) is 16.1. The minimum atomic E-state index is -1.85. The number of nitrogens with zero attached hydrogens (tertiary/aromatic N) is 1. The number of epoxide rings is 1. The van der Waals surface area contributed by atoms with E-state index in [1.807, 2.05) is 6.08 Å². The van der Waals surface area contributed by atoms with Gasteiger partial charge in [0, 0.05) is 49.3 Å². The molecule has 3 saturated heterocycles. The first kappa shape index (κ1) is 36.2. The maximum absolute atomic E-state index is 14.4. The van der Waals surface area contributed by atoms with Crippen molar-refractivity contribution in [2.24, 2.45) is 40.3 Å². The minimum absolute atomic E-state index is 0.0647. The molecule has 0 aromatic carbocycles. The summed E-state index contributed by atoms with van der Waals surface area (Å²) < 4.78 is 12.4. The summed E-state index contributed by atoms with van der Waals surface area (Å²) in [4.78, 5) is 47.4. The molecule has 0 aromatic heterocycles. The van der Waals surface area contributed by atoms with Gasteiger partial charge in [-0.05, 0) is 89.6 Å². The van der Waals surface area contributed by atoms with Crippen molar-refractivity contribution in [1.29, 1.82) is 0 Å². The van der Waals surface area contributed by atoms with E-state index < -0.39 is 29.0 Å². The van der Waals surface area contributed by atoms with Gasteiger partial charge in [0.2, 0.25) is 0 Å². The standard InChI is InChI=1S/C38H60N6O5/c1-5-25-12-13-30(41-6-2)26(20-25)23-48-34(47)38-33(46)29-11-8-7-10-28(29)32(45)37(38,49-38)17-14-24(3)22-36(27-15-19-42-31(39)21-27)16-9-18-43-35(40-4)44-36/h12-14,25-31,41-42H,5-11,15-23,39H2,1-4H3,(H2,40,43,44). The third-order valence-corrected chi connectivity index (χ3v) is 12.7. The van der Waals surface area contributed by atoms with E-state index in [-0.39, 0.29) is 48.3 Å². The highest BCUT2D eigenvalue weighted by Crippen LogP contribution is 2.61. The Kier molecular flexibility index (Phi) is 11.0. The van der Waals surface area contributed by atoms with E-state index in [1.54, 1.807) is 7.05 Å². The molecule has 0 radical (unpaired) electrons. The molecule has 3 aliphatic heterocycles. The van der Waals surface area contributed by atoms with E-state index in [9.17, 15) is 14.4 Å². The van der Waals surface area contributed by atoms with Gasteiger partial charge < -0.3 is 36.5 Å². The Labute approximate surface area is 292 Å². The molecule has 5 fully saturated rings. The van der Waals surface area contributed by atoms with Gasteiger partial charge in [0.25, 0.3) is 5.60 Å². The van der Waals surface area contributed by atoms with Gasteiger partial charge >= 0.3 is 5.97 Å². The molecule has 0 aromatic rings. The molecule has 10 unspecified atom stereocenters. The molecule has 6 N–H and O–H groups in total. The second-order valence-corrected chi connectivity index (χ2v) is 15.7. The number of allylic oxidation sites excluding steroid dienone is 1. The molecule has 11 heteroatoms. The molecule has 0 bridgehead atoms. The molecule has 0 amide bonds. The zero-order chi connectivity index (χ0) is 34.8. The van der Waals surface area contributed by atoms with Crippen molar-refractivity contribution >= 4 is 23.5 Å². The number of esters is 1. The topological polar surface area (TPSA) is 159 Å². The zero-order valence-electron chi connectivity index (χ0n) is 30.2. The van der Waals surface area contributed by atoms with Gasteiger partial charge in [-0.25, -0.2) is 4.79 Å². The number of likely N-dealkylation sites (N-methyl/N-ethyl adjacent to an activating group) is 1. The summed E-state index contributed by atoms with van der Waals surface area (Å²) in [5.41, 5.74) is 3.86. The highest BCUT2D eigenvalue weighted by Gasteiger charge is 2.86. The lowest BCUT2D eigenvalue weighted by atomic mass is 9.61. The van der Waals surface area contributed by atoms with Crippen molar-refractivity contribution < 1.29 is 23.9 Å². The van der Waals surface area contributed by atoms with E-state index in [4.69, 9.17) is 15.2 Å². The van der Waals surface area contributed by atoms with E-state index in [0.29, 0.717) is 24.7 Å². The normalized spacial score (nSPS) is 41.6. The fourth-order valence-electron chi connectivity index (χ4n) is 9.91. The fraction of sp³-hybridized carbons (Fsp3) is 0.789. The fourth-order valence-corrected chi connectivity index (χ4v) is 9.91. The number of ether oxygens (including phenoxy) is 2. The van der Waals surface area contributed by atoms with Crippen molar-refractivity contribution in [2.45, 2.75) is 127 Å². The first-order chi connectivity index (χ1) is 23.6. The highest BCUT2D eigenvalue weighted by atomic mass is 16.7. The number of ketones is 2. The predicted octanol–water partition coefficient (Wildman–Crippen LogP) is 3.28. The lowest BCUT2D eigenvalue weighted by Crippen LogP contribution is -2.59. The van der Waals surface area contributed by atoms with Crippen LogP contribution in [0.1, 0.15) is 97.8 Å². The first-order valence-electron chi connectivity index (χ1n) is 19.1. The molecule has 272 valence electrons. The number of guanidine groups is 1. The van der Waals surface area contributed by atoms with Gasteiger partial charge in [-0.1, -0.05) is 50.5 Å². The number of fused-ring (bicyclic) bond motifs is 2. The molecule has 6 rings (SSSR count). The van der Waals surface area contributed by atoms with Crippen molar-refractivity contribution in [3.63, 3.8) is 0 Å². The van der Waals surface area contributed by atoms with Crippen molar-refractivity contribution in [3.8, 4) is 0 Å². The van der Waals surface area contributed by atoms with Crippen LogP contribution in [0.25, 0.3) is 0 Å². The smallest absolute Gasteiger partial charge is 0.350 e. The molecule has 49 heavy (non-hydrogen) atoms. The summed E-state index contributed by atoms with van der Waals surface area (Å²) in [7, 11) is 1.79. The zero-order valence-corrected chi connectivity index (χ0v) is 30.2. The Hall–Kier alpha value is -2.60. The van der Waals surface area contributed by atoms with Crippen LogP contribution in [0.2, 0.25) is 0 Å². The quantitative estimate of drug-likeness (QED) is 0.0949. The van der Waals surface area contributed by atoms with Gasteiger partial charge in [0.15, 0.2) is 23.1 Å². The van der Waals surface area contributed by atoms with Crippen LogP contribution in [-0.2, 0) is 23.9 Å². The largest absolute Gasteiger partial charge is 0.463 e. The molecule has 11 nitrogen and oxygen atoms in total. The Morgan fingerprint density at radius 3 is 2.59 bits per heavy atom. The van der Waals surface area contributed by atoms with Crippen LogP contribution in [-0.4, -0.2) is 85.7 Å². The monoisotopic (exact) mass is 680 g/mol. The van der Waals surface area contributed by atoms with Crippen LogP contribution in [0, 0.1) is 29.6 Å². The third kappa shape index (κ3) is 6.77. The number of nitrogens with two attached hydrogens (primary N) is 1. The Balaban J connectivity index is 1.25. The minimum Gasteiger partial charge on any atom is -0.463 e. The number of nitrogens with one attached hydrogen (secondary N) is 4. The maximum atomic E-state index is 14.4. The van der Waals surface area contributed by atoms with E-state index in [0.717, 1.165) is 89.0 Å². The lowest BCUT2D eigenvalue weighted by Gasteiger charge is -2.45. The lowest BCUT2D eigenvalue weighted by molar-refractivity contribution is -0.160. The highest BCUT2D eigenvalue weighted by molar-refractivity contribution is 6.23. The van der Waals surface area contributed by atoms with Crippen molar-refractivity contribution in [1.82, 2.24) is 21.3 Å². The van der Waals surface area contributed by atoms with Crippen LogP contribution in [0.3, 0.4) is 0 Å². The number of rotatable bonds is 11. The Morgan fingerprint density at radius 2 is 1.88 bits per heavy atom. The second kappa shape index (κ2) is 14.9. The molecule has 2 saturated carbocycles. The van der Waals surface area contributed by atoms with Crippen LogP contribution in [0.15, 0.2) is 28.8 Å². The molecule has 3 heterocycles. The number of piperidine rings is 1. The number of aliphatic imine (C=N–C) groups is 1. The molecule has 6 aliphatic rings. The number of carbonyl (C=O) groups excluding carboxylic acids is 3. The predicted molar refractivity (Wildman–Crippen MR) is 190 cm³/mol. The van der Waals surface area contributed by atoms with Crippen LogP contribution < -0.4 is 27.0 Å². The number of hydrogen-bond acceptors (Lipinski definition) is 9. The average Bonchev–Trinajstić information content (AvgIpc) is 3.86. The number of Topliss-reactive ketones (excluding diaryl/α,β-unsaturated/α-hetero) is 2. The average molecular weight is 681 g/mol. The third-order valence-electron chi connectivity index (χ3n) is 12.7. The van der Waals surface area contributed by atoms with Crippen molar-refractivity contribution in [3.05, 3.63) is 23.8 Å². The van der Waals surface area contributed by atoms with Gasteiger partial charge in [0.1, 0.15) is 0 Å². The van der Waals surface area contributed by atoms with Gasteiger partial charge in [-0.3, -0.25) is 14.6 Å². The summed E-state index contributed by atoms with van der Waals surface area (Å²) in [5.74, 6) is -0.281. The molecular weight excluding hydrogens is 620 g/mol. The van der Waals surface area contributed by atoms with Crippen molar-refractivity contribution in [2.75, 3.05) is 33.3 Å². The maximum Gasteiger partial charge on any atom is 0.350 e. The molecule has 0 spiro atoms. The SMILES string of the molecule is CCNC1C=CC(CC)CC1COC(=O)C12OC1(CC=C(C)CC1(C3CCNC(N)C3)CCCNC(=NC)N1)C(=O)C1CCCCC1C2=O. The van der Waals surface area contributed by atoms with Gasteiger partial charge in [-0.2, -0.15) is 0 Å². The summed E-state index contributed by atoms with van der Waals surface area (Å²) in [6, 6.07) is 0.0906. The Bertz CT molecular complexity index is 1350. The number of hydrogen-bond donors (Lipinski definition) is 5. The molecule has 3 aliphatic carbocycles. The summed E-state index contributed by atoms with van der Waals surface area (Å²) in [5, 5.41) is 14.1.